The number of methoxy groups -OCH3 is 1. The molecule has 120 valence electrons. The lowest BCUT2D eigenvalue weighted by Gasteiger charge is -2.44. The summed E-state index contributed by atoms with van der Waals surface area (Å²) in [6.07, 6.45) is 1.24. The van der Waals surface area contributed by atoms with E-state index in [9.17, 15) is 4.79 Å². The van der Waals surface area contributed by atoms with Crippen molar-refractivity contribution in [2.45, 2.75) is 19.0 Å². The van der Waals surface area contributed by atoms with Crippen LogP contribution in [-0.2, 0) is 11.3 Å². The first-order valence-corrected chi connectivity index (χ1v) is 8.50. The highest BCUT2D eigenvalue weighted by molar-refractivity contribution is 6.47. The molecule has 5 nitrogen and oxygen atoms in total. The van der Waals surface area contributed by atoms with Gasteiger partial charge in [0.25, 0.3) is 5.91 Å². The van der Waals surface area contributed by atoms with E-state index in [1.54, 1.807) is 7.11 Å². The first-order chi connectivity index (χ1) is 11.3. The molecule has 5 aliphatic rings. The Kier molecular flexibility index (Phi) is 2.83. The number of hydrogen-bond donors (Lipinski definition) is 0. The van der Waals surface area contributed by atoms with Crippen LogP contribution in [0.1, 0.15) is 17.5 Å². The summed E-state index contributed by atoms with van der Waals surface area (Å²) in [6.45, 7) is 4.90. The molecular formula is C18H21N3O2. The summed E-state index contributed by atoms with van der Waals surface area (Å²) < 4.78 is 5.48. The fourth-order valence-electron chi connectivity index (χ4n) is 5.04. The van der Waals surface area contributed by atoms with Crippen LogP contribution in [-0.4, -0.2) is 60.7 Å². The van der Waals surface area contributed by atoms with Crippen molar-refractivity contribution in [1.29, 1.82) is 0 Å². The lowest BCUT2D eigenvalue weighted by Crippen LogP contribution is -2.54. The van der Waals surface area contributed by atoms with Gasteiger partial charge in [-0.25, -0.2) is 0 Å². The fourth-order valence-corrected chi connectivity index (χ4v) is 5.04. The van der Waals surface area contributed by atoms with Crippen molar-refractivity contribution in [1.82, 2.24) is 9.80 Å². The number of fused-ring (bicyclic) bond motifs is 2. The zero-order valence-electron chi connectivity index (χ0n) is 13.4. The Morgan fingerprint density at radius 2 is 2.22 bits per heavy atom. The monoisotopic (exact) mass is 311 g/mol. The third-order valence-corrected chi connectivity index (χ3v) is 6.09. The quantitative estimate of drug-likeness (QED) is 0.823. The largest absolute Gasteiger partial charge is 0.496 e. The number of hydrogen-bond acceptors (Lipinski definition) is 4. The van der Waals surface area contributed by atoms with Crippen LogP contribution in [0.4, 0.5) is 0 Å². The van der Waals surface area contributed by atoms with Gasteiger partial charge in [-0.2, -0.15) is 0 Å². The smallest absolute Gasteiger partial charge is 0.273 e. The molecule has 4 atom stereocenters. The van der Waals surface area contributed by atoms with E-state index in [0.717, 1.165) is 36.5 Å². The van der Waals surface area contributed by atoms with Gasteiger partial charge in [-0.1, -0.05) is 12.1 Å². The molecule has 0 aliphatic carbocycles. The summed E-state index contributed by atoms with van der Waals surface area (Å²) in [4.78, 5) is 22.4. The fraction of sp³-hybridized carbons (Fsp3) is 0.556. The molecule has 0 saturated carbocycles. The van der Waals surface area contributed by atoms with Gasteiger partial charge in [0.05, 0.1) is 19.2 Å². The van der Waals surface area contributed by atoms with Gasteiger partial charge in [-0.05, 0) is 36.4 Å². The van der Waals surface area contributed by atoms with E-state index < -0.39 is 0 Å². The van der Waals surface area contributed by atoms with Gasteiger partial charge in [0.1, 0.15) is 11.5 Å². The van der Waals surface area contributed by atoms with Gasteiger partial charge in [-0.15, -0.1) is 0 Å². The number of piperidine rings is 3. The van der Waals surface area contributed by atoms with Crippen LogP contribution in [0.3, 0.4) is 0 Å². The van der Waals surface area contributed by atoms with Gasteiger partial charge in [0.2, 0.25) is 0 Å². The van der Waals surface area contributed by atoms with Crippen LogP contribution in [0.15, 0.2) is 23.2 Å². The average molecular weight is 311 g/mol. The molecule has 4 fully saturated rings. The van der Waals surface area contributed by atoms with Crippen molar-refractivity contribution in [2.75, 3.05) is 33.3 Å². The van der Waals surface area contributed by atoms with Crippen LogP contribution in [0.5, 0.6) is 5.75 Å². The standard InChI is InChI=1S/C18H21N3O2/c1-23-15-4-2-3-11-7-19-17(16(11)15)18(22)21-9-12-8-20-6-5-13(12)14(21)10-20/h2-4,12-14H,5-10H2,1H3/t12-,13-,14-/m0/s1. The van der Waals surface area contributed by atoms with E-state index in [-0.39, 0.29) is 5.91 Å². The molecule has 4 bridgehead atoms. The van der Waals surface area contributed by atoms with Gasteiger partial charge in [-0.3, -0.25) is 9.79 Å². The SMILES string of the molecule is COc1cccc2c1C(C(=O)N1C[C@@H]3CN4CC[C@@H]3[C@@H]1C4)=NC2. The van der Waals surface area contributed by atoms with Gasteiger partial charge < -0.3 is 14.5 Å². The Bertz CT molecular complexity index is 714. The summed E-state index contributed by atoms with van der Waals surface area (Å²) in [5.41, 5.74) is 2.61. The van der Waals surface area contributed by atoms with Crippen molar-refractivity contribution in [3.8, 4) is 5.75 Å². The summed E-state index contributed by atoms with van der Waals surface area (Å²) >= 11 is 0. The van der Waals surface area contributed by atoms with E-state index in [1.807, 2.05) is 18.2 Å². The molecule has 0 N–H and O–H groups in total. The predicted molar refractivity (Wildman–Crippen MR) is 86.8 cm³/mol. The zero-order valence-corrected chi connectivity index (χ0v) is 13.4. The number of likely N-dealkylation sites (tertiary alicyclic amines) is 1. The molecule has 5 heteroatoms. The van der Waals surface area contributed by atoms with Crippen molar-refractivity contribution in [2.24, 2.45) is 16.8 Å². The third-order valence-electron chi connectivity index (χ3n) is 6.09. The Balaban J connectivity index is 1.48. The highest BCUT2D eigenvalue weighted by Crippen LogP contribution is 2.42. The van der Waals surface area contributed by atoms with Crippen LogP contribution < -0.4 is 4.74 Å². The lowest BCUT2D eigenvalue weighted by atomic mass is 9.80. The lowest BCUT2D eigenvalue weighted by molar-refractivity contribution is -0.125. The van der Waals surface area contributed by atoms with E-state index in [0.29, 0.717) is 30.1 Å². The second-order valence-corrected chi connectivity index (χ2v) is 7.16. The molecule has 1 aromatic carbocycles. The Morgan fingerprint density at radius 1 is 1.30 bits per heavy atom. The van der Waals surface area contributed by atoms with Crippen LogP contribution in [0, 0.1) is 11.8 Å². The normalized spacial score (nSPS) is 33.6. The van der Waals surface area contributed by atoms with E-state index in [1.165, 1.54) is 13.0 Å². The highest BCUT2D eigenvalue weighted by atomic mass is 16.5. The maximum absolute atomic E-state index is 13.2. The van der Waals surface area contributed by atoms with Crippen molar-refractivity contribution in [3.63, 3.8) is 0 Å². The summed E-state index contributed by atoms with van der Waals surface area (Å²) in [5, 5.41) is 0. The molecule has 1 unspecified atom stereocenters. The summed E-state index contributed by atoms with van der Waals surface area (Å²) in [5.74, 6) is 2.22. The Labute approximate surface area is 135 Å². The molecule has 0 spiro atoms. The molecular weight excluding hydrogens is 290 g/mol. The number of nitrogens with zero attached hydrogens (tertiary/aromatic N) is 3. The number of rotatable bonds is 2. The molecule has 5 aliphatic heterocycles. The first kappa shape index (κ1) is 13.5. The second-order valence-electron chi connectivity index (χ2n) is 7.16. The molecule has 6 rings (SSSR count). The maximum atomic E-state index is 13.2. The number of aliphatic imine (C=N–C) groups is 1. The molecule has 23 heavy (non-hydrogen) atoms. The number of amides is 1. The van der Waals surface area contributed by atoms with Crippen LogP contribution in [0.2, 0.25) is 0 Å². The highest BCUT2D eigenvalue weighted by Gasteiger charge is 2.51. The topological polar surface area (TPSA) is 45.1 Å². The molecule has 4 saturated heterocycles. The third kappa shape index (κ3) is 1.83. The minimum atomic E-state index is 0.106. The molecule has 5 heterocycles. The van der Waals surface area contributed by atoms with E-state index >= 15 is 0 Å². The Morgan fingerprint density at radius 3 is 3.00 bits per heavy atom. The first-order valence-electron chi connectivity index (χ1n) is 8.50. The maximum Gasteiger partial charge on any atom is 0.273 e. The van der Waals surface area contributed by atoms with Crippen molar-refractivity contribution >= 4 is 11.6 Å². The molecule has 0 aromatic heterocycles. The van der Waals surface area contributed by atoms with Gasteiger partial charge in [0, 0.05) is 25.7 Å². The zero-order chi connectivity index (χ0) is 15.6. The minimum Gasteiger partial charge on any atom is -0.496 e. The minimum absolute atomic E-state index is 0.106. The molecule has 1 amide bonds. The van der Waals surface area contributed by atoms with Crippen LogP contribution in [0.25, 0.3) is 0 Å². The van der Waals surface area contributed by atoms with Crippen LogP contribution >= 0.6 is 0 Å². The van der Waals surface area contributed by atoms with Gasteiger partial charge >= 0.3 is 0 Å². The molecule has 1 aromatic rings. The van der Waals surface area contributed by atoms with Crippen molar-refractivity contribution in [3.05, 3.63) is 29.3 Å². The molecule has 0 radical (unpaired) electrons. The number of benzene rings is 1. The summed E-state index contributed by atoms with van der Waals surface area (Å²) in [7, 11) is 1.66. The predicted octanol–water partition coefficient (Wildman–Crippen LogP) is 1.16. The van der Waals surface area contributed by atoms with E-state index in [4.69, 9.17) is 4.74 Å². The average Bonchev–Trinajstić information content (AvgIpc) is 3.13. The van der Waals surface area contributed by atoms with Gasteiger partial charge in [0.15, 0.2) is 0 Å². The van der Waals surface area contributed by atoms with E-state index in [2.05, 4.69) is 14.8 Å². The Hall–Kier alpha value is -1.88. The number of carbonyl (C=O) groups excluding carboxylic acids is 1. The second kappa shape index (κ2) is 4.81. The van der Waals surface area contributed by atoms with Crippen molar-refractivity contribution < 1.29 is 9.53 Å². The summed E-state index contributed by atoms with van der Waals surface area (Å²) in [6, 6.07) is 6.31. The number of carbonyl (C=O) groups is 1. The number of ether oxygens (including phenoxy) is 1.